The van der Waals surface area contributed by atoms with Crippen molar-refractivity contribution in [2.45, 2.75) is 44.3 Å². The Morgan fingerprint density at radius 3 is 2.19 bits per heavy atom. The third-order valence-corrected chi connectivity index (χ3v) is 3.97. The van der Waals surface area contributed by atoms with Crippen LogP contribution in [-0.4, -0.2) is 50.0 Å². The maximum absolute atomic E-state index is 14.3. The van der Waals surface area contributed by atoms with Crippen LogP contribution in [0.3, 0.4) is 0 Å². The summed E-state index contributed by atoms with van der Waals surface area (Å²) in [5, 5.41) is 0. The molecule has 5 nitrogen and oxygen atoms in total. The Kier molecular flexibility index (Phi) is 5.19. The molecule has 0 aromatic heterocycles. The molecule has 8 heteroatoms. The number of hydrogen-bond donors (Lipinski definition) is 0. The van der Waals surface area contributed by atoms with Gasteiger partial charge in [-0.2, -0.15) is 0 Å². The van der Waals surface area contributed by atoms with Gasteiger partial charge in [0.15, 0.2) is 0 Å². The topological polar surface area (TPSA) is 55.8 Å². The van der Waals surface area contributed by atoms with Crippen molar-refractivity contribution in [3.63, 3.8) is 0 Å². The minimum Gasteiger partial charge on any atom is -0.498 e. The fourth-order valence-electron chi connectivity index (χ4n) is 2.89. The van der Waals surface area contributed by atoms with E-state index in [9.17, 15) is 18.4 Å². The summed E-state index contributed by atoms with van der Waals surface area (Å²) in [6.07, 6.45) is 2.73. The van der Waals surface area contributed by atoms with Crippen LogP contribution in [0.2, 0.25) is 6.32 Å². The highest BCUT2D eigenvalue weighted by Crippen LogP contribution is 2.40. The summed E-state index contributed by atoms with van der Waals surface area (Å²) in [6, 6.07) is 0. The Balaban J connectivity index is 1.98. The van der Waals surface area contributed by atoms with Crippen LogP contribution in [0, 0.1) is 5.92 Å². The highest BCUT2D eigenvalue weighted by Gasteiger charge is 2.47. The first kappa shape index (κ1) is 16.2. The van der Waals surface area contributed by atoms with Crippen molar-refractivity contribution in [1.29, 1.82) is 0 Å². The average Bonchev–Trinajstić information content (AvgIpc) is 2.37. The van der Waals surface area contributed by atoms with E-state index in [1.807, 2.05) is 0 Å². The molecule has 2 fully saturated rings. The van der Waals surface area contributed by atoms with Gasteiger partial charge in [0.1, 0.15) is 0 Å². The van der Waals surface area contributed by atoms with Gasteiger partial charge in [-0.1, -0.05) is 19.3 Å². The lowest BCUT2D eigenvalue weighted by molar-refractivity contribution is -0.146. The summed E-state index contributed by atoms with van der Waals surface area (Å²) in [5.41, 5.74) is 0. The Morgan fingerprint density at radius 1 is 1.14 bits per heavy atom. The lowest BCUT2D eigenvalue weighted by Gasteiger charge is -2.31. The number of carbonyl (C=O) groups is 2. The molecule has 1 saturated carbocycles. The lowest BCUT2D eigenvalue weighted by atomic mass is 9.73. The number of likely N-dealkylation sites (N-methyl/N-ethyl adjacent to an activating group) is 1. The second-order valence-electron chi connectivity index (χ2n) is 5.88. The fourth-order valence-corrected chi connectivity index (χ4v) is 2.89. The Morgan fingerprint density at radius 2 is 1.67 bits per heavy atom. The molecule has 21 heavy (non-hydrogen) atoms. The Hall–Kier alpha value is -1.18. The summed E-state index contributed by atoms with van der Waals surface area (Å²) in [6.45, 7) is -0.221. The van der Waals surface area contributed by atoms with Crippen LogP contribution in [0.4, 0.5) is 8.78 Å². The average molecular weight is 303 g/mol. The van der Waals surface area contributed by atoms with Crippen molar-refractivity contribution < 1.29 is 27.7 Å². The van der Waals surface area contributed by atoms with Crippen LogP contribution >= 0.6 is 0 Å². The van der Waals surface area contributed by atoms with Gasteiger partial charge in [0.2, 0.25) is 0 Å². The minimum atomic E-state index is -2.99. The smallest absolute Gasteiger partial charge is 0.498 e. The van der Waals surface area contributed by atoms with E-state index in [1.54, 1.807) is 7.05 Å². The van der Waals surface area contributed by atoms with Gasteiger partial charge in [-0.15, -0.1) is 0 Å². The van der Waals surface area contributed by atoms with Crippen molar-refractivity contribution in [1.82, 2.24) is 4.90 Å². The molecule has 2 aliphatic rings. The van der Waals surface area contributed by atoms with Gasteiger partial charge in [-0.25, -0.2) is 8.78 Å². The lowest BCUT2D eigenvalue weighted by Crippen LogP contribution is -2.45. The van der Waals surface area contributed by atoms with Crippen LogP contribution < -0.4 is 0 Å². The quantitative estimate of drug-likeness (QED) is 0.743. The maximum atomic E-state index is 14.3. The Bertz CT molecular complexity index is 382. The largest absolute Gasteiger partial charge is 0.604 e. The first-order valence-corrected chi connectivity index (χ1v) is 7.32. The molecule has 0 amide bonds. The van der Waals surface area contributed by atoms with E-state index < -0.39 is 37.2 Å². The number of halogens is 2. The normalized spacial score (nSPS) is 23.3. The van der Waals surface area contributed by atoms with Crippen LogP contribution in [-0.2, 0) is 18.9 Å². The molecule has 1 aliphatic heterocycles. The maximum Gasteiger partial charge on any atom is 0.604 e. The van der Waals surface area contributed by atoms with Gasteiger partial charge in [0.25, 0.3) is 5.92 Å². The van der Waals surface area contributed by atoms with E-state index in [0.717, 1.165) is 19.3 Å². The highest BCUT2D eigenvalue weighted by molar-refractivity contribution is 6.49. The molecule has 0 aromatic rings. The van der Waals surface area contributed by atoms with Crippen LogP contribution in [0.15, 0.2) is 0 Å². The number of nitrogens with zero attached hydrogens (tertiary/aromatic N) is 1. The second kappa shape index (κ2) is 6.72. The standard InChI is InChI=1S/C13H20BF2NO4/c1-17-7-11(18)20-14(21-12(19)8-17)9-13(15,16)10-5-3-2-4-6-10/h10H,2-9H2,1H3. The summed E-state index contributed by atoms with van der Waals surface area (Å²) in [4.78, 5) is 24.5. The van der Waals surface area contributed by atoms with Gasteiger partial charge < -0.3 is 9.31 Å². The van der Waals surface area contributed by atoms with Crippen molar-refractivity contribution in [3.8, 4) is 0 Å². The van der Waals surface area contributed by atoms with Gasteiger partial charge >= 0.3 is 19.1 Å². The molecule has 0 aromatic carbocycles. The molecule has 0 atom stereocenters. The monoisotopic (exact) mass is 303 g/mol. The van der Waals surface area contributed by atoms with Gasteiger partial charge in [0, 0.05) is 5.92 Å². The fraction of sp³-hybridized carbons (Fsp3) is 0.846. The van der Waals surface area contributed by atoms with E-state index in [4.69, 9.17) is 9.31 Å². The summed E-state index contributed by atoms with van der Waals surface area (Å²) in [5.74, 6) is -5.03. The molecule has 1 saturated heterocycles. The SMILES string of the molecule is CN1CC(=O)OB(CC(F)(F)C2CCCCC2)OC(=O)C1. The molecule has 0 bridgehead atoms. The second-order valence-corrected chi connectivity index (χ2v) is 5.88. The number of rotatable bonds is 3. The first-order chi connectivity index (χ1) is 9.87. The van der Waals surface area contributed by atoms with Gasteiger partial charge in [-0.3, -0.25) is 14.5 Å². The van der Waals surface area contributed by atoms with Crippen molar-refractivity contribution in [3.05, 3.63) is 0 Å². The molecule has 1 aliphatic carbocycles. The molecule has 0 unspecified atom stereocenters. The predicted molar refractivity (Wildman–Crippen MR) is 71.8 cm³/mol. The van der Waals surface area contributed by atoms with E-state index in [-0.39, 0.29) is 13.1 Å². The van der Waals surface area contributed by atoms with Crippen molar-refractivity contribution in [2.75, 3.05) is 20.1 Å². The number of hydrogen-bond acceptors (Lipinski definition) is 5. The predicted octanol–water partition coefficient (Wildman–Crippen LogP) is 1.72. The van der Waals surface area contributed by atoms with Gasteiger partial charge in [0.05, 0.1) is 19.4 Å². The molecule has 0 spiro atoms. The summed E-state index contributed by atoms with van der Waals surface area (Å²) >= 11 is 0. The zero-order valence-corrected chi connectivity index (χ0v) is 12.1. The number of alkyl halides is 2. The Labute approximate surface area is 123 Å². The van der Waals surface area contributed by atoms with Crippen LogP contribution in [0.1, 0.15) is 32.1 Å². The molecule has 0 N–H and O–H groups in total. The molecule has 0 radical (unpaired) electrons. The third-order valence-electron chi connectivity index (χ3n) is 3.97. The first-order valence-electron chi connectivity index (χ1n) is 7.32. The third kappa shape index (κ3) is 4.66. The minimum absolute atomic E-state index is 0.111. The zero-order valence-electron chi connectivity index (χ0n) is 12.1. The highest BCUT2D eigenvalue weighted by atomic mass is 19.3. The van der Waals surface area contributed by atoms with E-state index in [2.05, 4.69) is 0 Å². The van der Waals surface area contributed by atoms with Gasteiger partial charge in [-0.05, 0) is 19.9 Å². The van der Waals surface area contributed by atoms with Crippen LogP contribution in [0.5, 0.6) is 0 Å². The molecule has 2 rings (SSSR count). The zero-order chi connectivity index (χ0) is 15.5. The summed E-state index contributed by atoms with van der Waals surface area (Å²) < 4.78 is 38.2. The van der Waals surface area contributed by atoms with E-state index in [1.165, 1.54) is 4.90 Å². The van der Waals surface area contributed by atoms with E-state index in [0.29, 0.717) is 12.8 Å². The molecule has 118 valence electrons. The van der Waals surface area contributed by atoms with E-state index >= 15 is 0 Å². The molecular weight excluding hydrogens is 283 g/mol. The van der Waals surface area contributed by atoms with Crippen molar-refractivity contribution in [2.24, 2.45) is 5.92 Å². The number of carbonyl (C=O) groups excluding carboxylic acids is 2. The van der Waals surface area contributed by atoms with Crippen molar-refractivity contribution >= 4 is 19.1 Å². The van der Waals surface area contributed by atoms with Crippen LogP contribution in [0.25, 0.3) is 0 Å². The molecule has 1 heterocycles. The molecular formula is C13H20BF2NO4. The summed E-state index contributed by atoms with van der Waals surface area (Å²) in [7, 11) is 0.0649.